The van der Waals surface area contributed by atoms with E-state index in [0.717, 1.165) is 5.69 Å². The summed E-state index contributed by atoms with van der Waals surface area (Å²) in [6, 6.07) is 16.0. The van der Waals surface area contributed by atoms with Crippen LogP contribution in [0.4, 0.5) is 20.7 Å². The molecule has 0 atom stereocenters. The Balaban J connectivity index is 1.51. The molecule has 174 valence electrons. The molecule has 0 spiro atoms. The third-order valence-electron chi connectivity index (χ3n) is 4.86. The van der Waals surface area contributed by atoms with Gasteiger partial charge >= 0.3 is 6.03 Å². The molecule has 0 aliphatic heterocycles. The highest BCUT2D eigenvalue weighted by molar-refractivity contribution is 6.30. The maximum absolute atomic E-state index is 13.7. The molecule has 2 aromatic carbocycles. The van der Waals surface area contributed by atoms with E-state index in [1.165, 1.54) is 16.8 Å². The molecule has 34 heavy (non-hydrogen) atoms. The highest BCUT2D eigenvalue weighted by Crippen LogP contribution is 2.28. The SMILES string of the molecule is CC(C)(C)c1cc(NC(=O)Nc2ccc(Oc3ccncc3)cc2)n(-c2ccc(F)c(Cl)c2)n1. The molecule has 0 saturated heterocycles. The van der Waals surface area contributed by atoms with Crippen LogP contribution in [0.5, 0.6) is 11.5 Å². The van der Waals surface area contributed by atoms with Crippen LogP contribution in [0.3, 0.4) is 0 Å². The maximum Gasteiger partial charge on any atom is 0.324 e. The number of carbonyl (C=O) groups is 1. The predicted molar refractivity (Wildman–Crippen MR) is 131 cm³/mol. The number of hydrogen-bond acceptors (Lipinski definition) is 4. The van der Waals surface area contributed by atoms with Crippen molar-refractivity contribution in [3.05, 3.63) is 89.6 Å². The van der Waals surface area contributed by atoms with Crippen LogP contribution in [-0.2, 0) is 5.41 Å². The second kappa shape index (κ2) is 9.52. The van der Waals surface area contributed by atoms with E-state index in [-0.39, 0.29) is 10.4 Å². The summed E-state index contributed by atoms with van der Waals surface area (Å²) in [7, 11) is 0. The molecule has 4 rings (SSSR count). The smallest absolute Gasteiger partial charge is 0.324 e. The second-order valence-electron chi connectivity index (χ2n) is 8.56. The fourth-order valence-electron chi connectivity index (χ4n) is 3.08. The molecular weight excluding hydrogens is 457 g/mol. The summed E-state index contributed by atoms with van der Waals surface area (Å²) in [6.07, 6.45) is 3.29. The minimum Gasteiger partial charge on any atom is -0.457 e. The Morgan fingerprint density at radius 3 is 2.29 bits per heavy atom. The number of aromatic nitrogens is 3. The molecule has 2 aromatic heterocycles. The normalized spacial score (nSPS) is 11.2. The maximum atomic E-state index is 13.7. The van der Waals surface area contributed by atoms with Crippen LogP contribution in [-0.4, -0.2) is 20.8 Å². The molecule has 2 amide bonds. The number of amides is 2. The molecule has 7 nitrogen and oxygen atoms in total. The average molecular weight is 480 g/mol. The lowest BCUT2D eigenvalue weighted by Gasteiger charge is -2.14. The van der Waals surface area contributed by atoms with Crippen LogP contribution in [0.15, 0.2) is 73.1 Å². The van der Waals surface area contributed by atoms with Crippen molar-refractivity contribution in [3.8, 4) is 17.2 Å². The van der Waals surface area contributed by atoms with Gasteiger partial charge in [0, 0.05) is 29.6 Å². The van der Waals surface area contributed by atoms with Gasteiger partial charge in [0.1, 0.15) is 23.1 Å². The Kier molecular flexibility index (Phi) is 6.51. The molecule has 0 saturated carbocycles. The number of hydrogen-bond donors (Lipinski definition) is 2. The van der Waals surface area contributed by atoms with Crippen molar-refractivity contribution in [3.63, 3.8) is 0 Å². The molecule has 0 bridgehead atoms. The van der Waals surface area contributed by atoms with E-state index in [1.54, 1.807) is 60.9 Å². The number of anilines is 2. The van der Waals surface area contributed by atoms with E-state index in [0.29, 0.717) is 28.7 Å². The van der Waals surface area contributed by atoms with Gasteiger partial charge in [0.25, 0.3) is 0 Å². The highest BCUT2D eigenvalue weighted by Gasteiger charge is 2.22. The Morgan fingerprint density at radius 1 is 0.971 bits per heavy atom. The Bertz CT molecular complexity index is 1300. The van der Waals surface area contributed by atoms with Crippen molar-refractivity contribution in [2.75, 3.05) is 10.6 Å². The summed E-state index contributed by atoms with van der Waals surface area (Å²) in [5.41, 5.74) is 1.58. The van der Waals surface area contributed by atoms with Gasteiger partial charge in [0.2, 0.25) is 0 Å². The number of nitrogens with one attached hydrogen (secondary N) is 2. The van der Waals surface area contributed by atoms with Crippen molar-refractivity contribution in [1.82, 2.24) is 14.8 Å². The topological polar surface area (TPSA) is 81.1 Å². The Morgan fingerprint density at radius 2 is 1.65 bits per heavy atom. The van der Waals surface area contributed by atoms with E-state index in [2.05, 4.69) is 20.7 Å². The average Bonchev–Trinajstić information content (AvgIpc) is 3.22. The lowest BCUT2D eigenvalue weighted by atomic mass is 9.92. The molecule has 9 heteroatoms. The molecule has 0 fully saturated rings. The number of pyridine rings is 1. The summed E-state index contributed by atoms with van der Waals surface area (Å²) < 4.78 is 20.9. The number of halogens is 2. The minimum atomic E-state index is -0.530. The van der Waals surface area contributed by atoms with Crippen LogP contribution in [0, 0.1) is 5.82 Å². The zero-order valence-corrected chi connectivity index (χ0v) is 19.6. The van der Waals surface area contributed by atoms with Gasteiger partial charge in [-0.05, 0) is 54.6 Å². The van der Waals surface area contributed by atoms with Crippen LogP contribution >= 0.6 is 11.6 Å². The number of carbonyl (C=O) groups excluding carboxylic acids is 1. The first kappa shape index (κ1) is 23.3. The van der Waals surface area contributed by atoms with Gasteiger partial charge < -0.3 is 10.1 Å². The fraction of sp³-hybridized carbons (Fsp3) is 0.160. The van der Waals surface area contributed by atoms with Crippen LogP contribution < -0.4 is 15.4 Å². The highest BCUT2D eigenvalue weighted by atomic mass is 35.5. The van der Waals surface area contributed by atoms with Gasteiger partial charge in [-0.15, -0.1) is 0 Å². The first-order chi connectivity index (χ1) is 16.2. The monoisotopic (exact) mass is 479 g/mol. The molecule has 2 heterocycles. The zero-order chi connectivity index (χ0) is 24.3. The van der Waals surface area contributed by atoms with E-state index in [9.17, 15) is 9.18 Å². The van der Waals surface area contributed by atoms with E-state index < -0.39 is 11.8 Å². The lowest BCUT2D eigenvalue weighted by molar-refractivity contribution is 0.262. The molecular formula is C25H23ClFN5O2. The summed E-state index contributed by atoms with van der Waals surface area (Å²) in [5, 5.41) is 10.2. The molecule has 0 radical (unpaired) electrons. The molecule has 4 aromatic rings. The van der Waals surface area contributed by atoms with Crippen molar-refractivity contribution in [2.24, 2.45) is 0 Å². The molecule has 0 aliphatic rings. The predicted octanol–water partition coefficient (Wildman–Crippen LogP) is 6.79. The van der Waals surface area contributed by atoms with Crippen molar-refractivity contribution < 1.29 is 13.9 Å². The van der Waals surface area contributed by atoms with Crippen molar-refractivity contribution in [2.45, 2.75) is 26.2 Å². The zero-order valence-electron chi connectivity index (χ0n) is 18.8. The Hall–Kier alpha value is -3.91. The lowest BCUT2D eigenvalue weighted by Crippen LogP contribution is -2.21. The van der Waals surface area contributed by atoms with Crippen molar-refractivity contribution >= 4 is 29.1 Å². The number of ether oxygens (including phenoxy) is 1. The van der Waals surface area contributed by atoms with Crippen LogP contribution in [0.1, 0.15) is 26.5 Å². The number of nitrogens with zero attached hydrogens (tertiary/aromatic N) is 3. The quantitative estimate of drug-likeness (QED) is 0.330. The summed E-state index contributed by atoms with van der Waals surface area (Å²) >= 11 is 5.96. The van der Waals surface area contributed by atoms with Gasteiger partial charge in [-0.2, -0.15) is 5.10 Å². The molecule has 0 aliphatic carbocycles. The third-order valence-corrected chi connectivity index (χ3v) is 5.15. The van der Waals surface area contributed by atoms with Gasteiger partial charge in [-0.25, -0.2) is 13.9 Å². The summed E-state index contributed by atoms with van der Waals surface area (Å²) in [6.45, 7) is 6.03. The number of rotatable bonds is 5. The van der Waals surface area contributed by atoms with E-state index in [4.69, 9.17) is 16.3 Å². The van der Waals surface area contributed by atoms with E-state index in [1.807, 2.05) is 20.8 Å². The Labute approximate surface area is 201 Å². The van der Waals surface area contributed by atoms with Gasteiger partial charge in [-0.3, -0.25) is 10.3 Å². The second-order valence-corrected chi connectivity index (χ2v) is 8.97. The minimum absolute atomic E-state index is 0.0326. The summed E-state index contributed by atoms with van der Waals surface area (Å²) in [4.78, 5) is 16.7. The molecule has 2 N–H and O–H groups in total. The first-order valence-electron chi connectivity index (χ1n) is 10.5. The fourth-order valence-corrected chi connectivity index (χ4v) is 3.25. The third kappa shape index (κ3) is 5.52. The van der Waals surface area contributed by atoms with Gasteiger partial charge in [-0.1, -0.05) is 32.4 Å². The molecule has 0 unspecified atom stereocenters. The van der Waals surface area contributed by atoms with Crippen molar-refractivity contribution in [1.29, 1.82) is 0 Å². The number of urea groups is 1. The van der Waals surface area contributed by atoms with Crippen LogP contribution in [0.2, 0.25) is 5.02 Å². The van der Waals surface area contributed by atoms with E-state index >= 15 is 0 Å². The van der Waals surface area contributed by atoms with Crippen LogP contribution in [0.25, 0.3) is 5.69 Å². The number of benzene rings is 2. The standard InChI is InChI=1S/C25H23ClFN5O2/c1-25(2,3)22-15-23(32(31-22)17-6-9-21(27)20(26)14-17)30-24(33)29-16-4-7-18(8-5-16)34-19-10-12-28-13-11-19/h4-15H,1-3H3,(H2,29,30,33). The van der Waals surface area contributed by atoms with Gasteiger partial charge in [0.15, 0.2) is 0 Å². The summed E-state index contributed by atoms with van der Waals surface area (Å²) in [5.74, 6) is 1.18. The van der Waals surface area contributed by atoms with Gasteiger partial charge in [0.05, 0.1) is 16.4 Å². The first-order valence-corrected chi connectivity index (χ1v) is 10.9. The largest absolute Gasteiger partial charge is 0.457 e.